The topological polar surface area (TPSA) is 81.9 Å². The Kier molecular flexibility index (Phi) is 3.40. The normalized spacial score (nSPS) is 22.0. The summed E-state index contributed by atoms with van der Waals surface area (Å²) >= 11 is 0. The van der Waals surface area contributed by atoms with Crippen molar-refractivity contribution in [2.75, 3.05) is 13.3 Å². The summed E-state index contributed by atoms with van der Waals surface area (Å²) in [5.41, 5.74) is 0.924. The van der Waals surface area contributed by atoms with Crippen LogP contribution in [0.15, 0.2) is 18.2 Å². The van der Waals surface area contributed by atoms with Gasteiger partial charge in [-0.1, -0.05) is 6.07 Å². The minimum Gasteiger partial charge on any atom is -0.454 e. The van der Waals surface area contributed by atoms with Crippen molar-refractivity contribution in [1.82, 2.24) is 4.90 Å². The summed E-state index contributed by atoms with van der Waals surface area (Å²) in [5, 5.41) is 10.7. The maximum Gasteiger partial charge on any atom is 0.233 e. The van der Waals surface area contributed by atoms with E-state index in [0.29, 0.717) is 31.0 Å². The largest absolute Gasteiger partial charge is 0.454 e. The molecular formula is C14H16N2O5. The molecule has 1 amide bonds. The molecule has 7 heteroatoms. The molecule has 2 atom stereocenters. The molecule has 1 fully saturated rings. The van der Waals surface area contributed by atoms with Crippen LogP contribution in [0.3, 0.4) is 0 Å². The van der Waals surface area contributed by atoms with Gasteiger partial charge in [0.15, 0.2) is 11.5 Å². The van der Waals surface area contributed by atoms with Crippen molar-refractivity contribution in [3.63, 3.8) is 0 Å². The maximum absolute atomic E-state index is 12.3. The van der Waals surface area contributed by atoms with Crippen molar-refractivity contribution in [3.05, 3.63) is 33.9 Å². The van der Waals surface area contributed by atoms with Crippen LogP contribution in [-0.2, 0) is 11.3 Å². The van der Waals surface area contributed by atoms with Crippen LogP contribution in [-0.4, -0.2) is 35.1 Å². The fourth-order valence-electron chi connectivity index (χ4n) is 2.52. The molecule has 1 aromatic carbocycles. The third-order valence-corrected chi connectivity index (χ3v) is 3.85. The van der Waals surface area contributed by atoms with E-state index in [4.69, 9.17) is 9.47 Å². The zero-order valence-corrected chi connectivity index (χ0v) is 11.7. The first-order valence-electron chi connectivity index (χ1n) is 6.91. The van der Waals surface area contributed by atoms with Gasteiger partial charge in [-0.3, -0.25) is 14.9 Å². The highest BCUT2D eigenvalue weighted by atomic mass is 16.7. The first-order valence-corrected chi connectivity index (χ1v) is 6.91. The Labute approximate surface area is 121 Å². The summed E-state index contributed by atoms with van der Waals surface area (Å²) in [4.78, 5) is 24.2. The van der Waals surface area contributed by atoms with Crippen LogP contribution in [0.25, 0.3) is 0 Å². The summed E-state index contributed by atoms with van der Waals surface area (Å²) in [6, 6.07) is 4.83. The average molecular weight is 292 g/mol. The van der Waals surface area contributed by atoms with Gasteiger partial charge in [0, 0.05) is 24.4 Å². The van der Waals surface area contributed by atoms with Gasteiger partial charge in [0.1, 0.15) is 5.92 Å². The van der Waals surface area contributed by atoms with E-state index in [1.54, 1.807) is 4.90 Å². The molecule has 1 heterocycles. The van der Waals surface area contributed by atoms with Crippen LogP contribution < -0.4 is 9.47 Å². The minimum absolute atomic E-state index is 0.142. The number of nitrogens with zero attached hydrogens (tertiary/aromatic N) is 2. The van der Waals surface area contributed by atoms with Crippen LogP contribution in [0.5, 0.6) is 11.5 Å². The van der Waals surface area contributed by atoms with Crippen molar-refractivity contribution in [1.29, 1.82) is 0 Å². The first-order chi connectivity index (χ1) is 10.1. The van der Waals surface area contributed by atoms with Gasteiger partial charge in [-0.15, -0.1) is 0 Å². The Morgan fingerprint density at radius 1 is 1.43 bits per heavy atom. The second-order valence-corrected chi connectivity index (χ2v) is 5.23. The van der Waals surface area contributed by atoms with Crippen LogP contribution >= 0.6 is 0 Å². The number of rotatable bonds is 5. The molecular weight excluding hydrogens is 276 g/mol. The van der Waals surface area contributed by atoms with Gasteiger partial charge in [0.05, 0.1) is 0 Å². The lowest BCUT2D eigenvalue weighted by Gasteiger charge is -2.20. The first kappa shape index (κ1) is 13.7. The second kappa shape index (κ2) is 5.23. The van der Waals surface area contributed by atoms with Crippen molar-refractivity contribution < 1.29 is 19.2 Å². The number of fused-ring (bicyclic) bond motifs is 1. The monoisotopic (exact) mass is 292 g/mol. The zero-order valence-electron chi connectivity index (χ0n) is 11.7. The summed E-state index contributed by atoms with van der Waals surface area (Å²) in [6.07, 6.45) is 0.351. The fraction of sp³-hybridized carbons (Fsp3) is 0.500. The maximum atomic E-state index is 12.3. The van der Waals surface area contributed by atoms with E-state index < -0.39 is 12.0 Å². The fourth-order valence-corrected chi connectivity index (χ4v) is 2.52. The number of amides is 1. The number of nitro groups is 1. The Balaban J connectivity index is 1.67. The standard InChI is InChI=1S/C14H16N2O5/c1-2-15(14(17)10-6-11(10)16(18)19)7-9-3-4-12-13(5-9)21-8-20-12/h3-5,10-11H,2,6-8H2,1H3/t10-,11+/m1/s1. The predicted molar refractivity (Wildman–Crippen MR) is 72.5 cm³/mol. The van der Waals surface area contributed by atoms with Gasteiger partial charge in [0.25, 0.3) is 0 Å². The van der Waals surface area contributed by atoms with E-state index in [2.05, 4.69) is 0 Å². The molecule has 21 heavy (non-hydrogen) atoms. The number of hydrogen-bond acceptors (Lipinski definition) is 5. The predicted octanol–water partition coefficient (Wildman–Crippen LogP) is 1.43. The van der Waals surface area contributed by atoms with Crippen LogP contribution in [0.4, 0.5) is 0 Å². The molecule has 1 aromatic rings. The molecule has 1 aliphatic carbocycles. The highest BCUT2D eigenvalue weighted by Crippen LogP contribution is 2.36. The molecule has 0 bridgehead atoms. The van der Waals surface area contributed by atoms with Gasteiger partial charge in [-0.25, -0.2) is 0 Å². The Bertz CT molecular complexity index is 589. The number of benzene rings is 1. The van der Waals surface area contributed by atoms with Gasteiger partial charge >= 0.3 is 0 Å². The lowest BCUT2D eigenvalue weighted by atomic mass is 10.1. The lowest BCUT2D eigenvalue weighted by molar-refractivity contribution is -0.497. The van der Waals surface area contributed by atoms with Gasteiger partial charge in [-0.2, -0.15) is 0 Å². The quantitative estimate of drug-likeness (QED) is 0.605. The third-order valence-electron chi connectivity index (χ3n) is 3.85. The third kappa shape index (κ3) is 2.63. The van der Waals surface area contributed by atoms with Crippen molar-refractivity contribution in [2.45, 2.75) is 25.9 Å². The summed E-state index contributed by atoms with van der Waals surface area (Å²) in [7, 11) is 0. The molecule has 7 nitrogen and oxygen atoms in total. The SMILES string of the molecule is CCN(Cc1ccc2c(c1)OCO2)C(=O)[C@@H]1C[C@@H]1[N+](=O)[O-]. The molecule has 112 valence electrons. The van der Waals surface area contributed by atoms with E-state index in [1.165, 1.54) is 0 Å². The summed E-state index contributed by atoms with van der Waals surface area (Å²) in [5.74, 6) is 0.764. The molecule has 0 radical (unpaired) electrons. The number of carbonyl (C=O) groups is 1. The minimum atomic E-state index is -0.705. The van der Waals surface area contributed by atoms with Gasteiger partial charge in [0.2, 0.25) is 18.7 Å². The lowest BCUT2D eigenvalue weighted by Crippen LogP contribution is -2.33. The Morgan fingerprint density at radius 3 is 2.86 bits per heavy atom. The smallest absolute Gasteiger partial charge is 0.233 e. The number of ether oxygens (including phenoxy) is 2. The summed E-state index contributed by atoms with van der Waals surface area (Å²) < 4.78 is 10.6. The molecule has 0 saturated heterocycles. The number of carbonyl (C=O) groups excluding carboxylic acids is 1. The van der Waals surface area contributed by atoms with E-state index in [0.717, 1.165) is 5.56 Å². The molecule has 1 aliphatic heterocycles. The Morgan fingerprint density at radius 2 is 2.19 bits per heavy atom. The highest BCUT2D eigenvalue weighted by Gasteiger charge is 2.54. The van der Waals surface area contributed by atoms with Crippen molar-refractivity contribution in [3.8, 4) is 11.5 Å². The van der Waals surface area contributed by atoms with E-state index in [-0.39, 0.29) is 17.6 Å². The molecule has 1 saturated carbocycles. The number of hydrogen-bond donors (Lipinski definition) is 0. The molecule has 0 N–H and O–H groups in total. The van der Waals surface area contributed by atoms with Gasteiger partial charge < -0.3 is 14.4 Å². The van der Waals surface area contributed by atoms with Crippen molar-refractivity contribution >= 4 is 5.91 Å². The van der Waals surface area contributed by atoms with Crippen LogP contribution in [0.2, 0.25) is 0 Å². The van der Waals surface area contributed by atoms with Crippen LogP contribution in [0.1, 0.15) is 18.9 Å². The molecule has 2 aliphatic rings. The van der Waals surface area contributed by atoms with E-state index >= 15 is 0 Å². The van der Waals surface area contributed by atoms with E-state index in [1.807, 2.05) is 25.1 Å². The molecule has 0 aromatic heterocycles. The van der Waals surface area contributed by atoms with Gasteiger partial charge in [-0.05, 0) is 24.6 Å². The molecule has 0 spiro atoms. The average Bonchev–Trinajstić information content (AvgIpc) is 3.15. The second-order valence-electron chi connectivity index (χ2n) is 5.23. The highest BCUT2D eigenvalue weighted by molar-refractivity contribution is 5.82. The van der Waals surface area contributed by atoms with Crippen molar-refractivity contribution in [2.24, 2.45) is 5.92 Å². The molecule has 3 rings (SSSR count). The summed E-state index contributed by atoms with van der Waals surface area (Å²) in [6.45, 7) is 3.03. The Hall–Kier alpha value is -2.31. The van der Waals surface area contributed by atoms with Crippen LogP contribution in [0, 0.1) is 16.0 Å². The van der Waals surface area contributed by atoms with E-state index in [9.17, 15) is 14.9 Å². The zero-order chi connectivity index (χ0) is 15.0. The molecule has 0 unspecified atom stereocenters.